The number of amides is 1. The summed E-state index contributed by atoms with van der Waals surface area (Å²) in [6, 6.07) is 10.8. The van der Waals surface area contributed by atoms with Crippen molar-refractivity contribution in [3.63, 3.8) is 0 Å². The van der Waals surface area contributed by atoms with E-state index in [4.69, 9.17) is 5.73 Å². The van der Waals surface area contributed by atoms with Crippen molar-refractivity contribution in [3.05, 3.63) is 53.3 Å². The molecule has 0 aliphatic heterocycles. The highest BCUT2D eigenvalue weighted by Crippen LogP contribution is 2.08. The molecule has 0 saturated heterocycles. The number of primary amides is 1. The Bertz CT molecular complexity index is 516. The van der Waals surface area contributed by atoms with Gasteiger partial charge in [0.05, 0.1) is 6.54 Å². The van der Waals surface area contributed by atoms with Crippen molar-refractivity contribution >= 4 is 5.91 Å². The van der Waals surface area contributed by atoms with Crippen LogP contribution in [0, 0.1) is 13.0 Å². The number of hydrogen-bond acceptors (Lipinski definition) is 2. The second kappa shape index (κ2) is 4.18. The van der Waals surface area contributed by atoms with Crippen molar-refractivity contribution in [2.24, 2.45) is 5.73 Å². The lowest BCUT2D eigenvalue weighted by atomic mass is 10.1. The van der Waals surface area contributed by atoms with E-state index in [1.807, 2.05) is 31.2 Å². The second-order valence-electron chi connectivity index (χ2n) is 3.61. The molecule has 1 heterocycles. The summed E-state index contributed by atoms with van der Waals surface area (Å²) in [5.74, 6) is -0.552. The van der Waals surface area contributed by atoms with Crippen molar-refractivity contribution in [1.29, 1.82) is 0 Å². The number of nitrogens with zero attached hydrogens (tertiary/aromatic N) is 2. The minimum Gasteiger partial charge on any atom is -0.364 e. The maximum Gasteiger partial charge on any atom is 0.269 e. The van der Waals surface area contributed by atoms with E-state index in [1.165, 1.54) is 5.56 Å². The van der Waals surface area contributed by atoms with Crippen LogP contribution < -0.4 is 5.73 Å². The number of rotatable bonds is 3. The zero-order chi connectivity index (χ0) is 11.5. The van der Waals surface area contributed by atoms with Crippen LogP contribution in [0.1, 0.15) is 21.6 Å². The molecule has 4 nitrogen and oxygen atoms in total. The van der Waals surface area contributed by atoms with Crippen LogP contribution in [0.25, 0.3) is 0 Å². The van der Waals surface area contributed by atoms with Crippen LogP contribution in [-0.4, -0.2) is 15.7 Å². The zero-order valence-corrected chi connectivity index (χ0v) is 8.97. The third-order valence-corrected chi connectivity index (χ3v) is 2.41. The summed E-state index contributed by atoms with van der Waals surface area (Å²) in [6.07, 6.45) is 1.63. The monoisotopic (exact) mass is 214 g/mol. The number of benzene rings is 1. The summed E-state index contributed by atoms with van der Waals surface area (Å²) < 4.78 is 1.66. The van der Waals surface area contributed by atoms with Crippen LogP contribution in [0.15, 0.2) is 30.5 Å². The average molecular weight is 214 g/mol. The Kier molecular flexibility index (Phi) is 2.72. The summed E-state index contributed by atoms with van der Waals surface area (Å²) in [6.45, 7) is 2.66. The Morgan fingerprint density at radius 3 is 2.88 bits per heavy atom. The smallest absolute Gasteiger partial charge is 0.269 e. The minimum atomic E-state index is -0.552. The highest BCUT2D eigenvalue weighted by atomic mass is 16.1. The molecule has 0 atom stereocenters. The van der Waals surface area contributed by atoms with E-state index in [1.54, 1.807) is 10.9 Å². The average Bonchev–Trinajstić information content (AvgIpc) is 2.70. The SMILES string of the molecule is Cc1ccccc1Cn1c[c]c(C(N)=O)n1. The van der Waals surface area contributed by atoms with Gasteiger partial charge in [-0.3, -0.25) is 9.48 Å². The van der Waals surface area contributed by atoms with Crippen LogP contribution in [0.5, 0.6) is 0 Å². The fraction of sp³-hybridized carbons (Fsp3) is 0.167. The molecular weight excluding hydrogens is 202 g/mol. The third-order valence-electron chi connectivity index (χ3n) is 2.41. The van der Waals surface area contributed by atoms with Gasteiger partial charge in [0.1, 0.15) is 0 Å². The summed E-state index contributed by atoms with van der Waals surface area (Å²) in [4.78, 5) is 10.8. The van der Waals surface area contributed by atoms with E-state index in [0.717, 1.165) is 5.56 Å². The van der Waals surface area contributed by atoms with Gasteiger partial charge in [-0.2, -0.15) is 5.10 Å². The van der Waals surface area contributed by atoms with Gasteiger partial charge in [-0.05, 0) is 18.1 Å². The summed E-state index contributed by atoms with van der Waals surface area (Å²) in [5, 5.41) is 4.03. The predicted octanol–water partition coefficient (Wildman–Crippen LogP) is 1.14. The van der Waals surface area contributed by atoms with E-state index in [9.17, 15) is 4.79 Å². The third kappa shape index (κ3) is 2.11. The standard InChI is InChI=1S/C12H12N3O/c1-9-4-2-3-5-10(9)8-15-7-6-11(14-15)12(13)16/h2-5,7H,8H2,1H3,(H2,13,16). The maximum atomic E-state index is 10.8. The van der Waals surface area contributed by atoms with Crippen molar-refractivity contribution in [2.45, 2.75) is 13.5 Å². The van der Waals surface area contributed by atoms with Gasteiger partial charge in [-0.1, -0.05) is 24.3 Å². The molecule has 2 N–H and O–H groups in total. The predicted molar refractivity (Wildman–Crippen MR) is 59.9 cm³/mol. The molecule has 1 aromatic heterocycles. The number of nitrogens with two attached hydrogens (primary N) is 1. The fourth-order valence-corrected chi connectivity index (χ4v) is 1.49. The molecular formula is C12H12N3O. The minimum absolute atomic E-state index is 0.175. The lowest BCUT2D eigenvalue weighted by molar-refractivity contribution is 0.0994. The highest BCUT2D eigenvalue weighted by molar-refractivity contribution is 5.90. The Labute approximate surface area is 93.7 Å². The molecule has 2 aromatic rings. The molecule has 0 aliphatic rings. The Morgan fingerprint density at radius 2 is 2.25 bits per heavy atom. The quantitative estimate of drug-likeness (QED) is 0.832. The van der Waals surface area contributed by atoms with Gasteiger partial charge >= 0.3 is 0 Å². The highest BCUT2D eigenvalue weighted by Gasteiger charge is 2.06. The first-order chi connectivity index (χ1) is 7.66. The number of aryl methyl sites for hydroxylation is 1. The fourth-order valence-electron chi connectivity index (χ4n) is 1.49. The lowest BCUT2D eigenvalue weighted by Gasteiger charge is -2.04. The van der Waals surface area contributed by atoms with Crippen LogP contribution in [0.4, 0.5) is 0 Å². The normalized spacial score (nSPS) is 10.3. The van der Waals surface area contributed by atoms with Crippen LogP contribution in [-0.2, 0) is 6.54 Å². The molecule has 16 heavy (non-hydrogen) atoms. The molecule has 1 aromatic carbocycles. The zero-order valence-electron chi connectivity index (χ0n) is 8.97. The van der Waals surface area contributed by atoms with E-state index in [2.05, 4.69) is 11.2 Å². The van der Waals surface area contributed by atoms with Crippen LogP contribution in [0.3, 0.4) is 0 Å². The van der Waals surface area contributed by atoms with E-state index >= 15 is 0 Å². The molecule has 0 aliphatic carbocycles. The molecule has 2 rings (SSSR count). The van der Waals surface area contributed by atoms with Gasteiger partial charge in [-0.15, -0.1) is 0 Å². The van der Waals surface area contributed by atoms with E-state index in [0.29, 0.717) is 6.54 Å². The van der Waals surface area contributed by atoms with E-state index in [-0.39, 0.29) is 5.69 Å². The van der Waals surface area contributed by atoms with Crippen molar-refractivity contribution in [2.75, 3.05) is 0 Å². The first-order valence-corrected chi connectivity index (χ1v) is 4.96. The molecule has 0 spiro atoms. The van der Waals surface area contributed by atoms with Crippen LogP contribution in [0.2, 0.25) is 0 Å². The van der Waals surface area contributed by atoms with Gasteiger partial charge in [0, 0.05) is 12.3 Å². The van der Waals surface area contributed by atoms with Gasteiger partial charge in [0.15, 0.2) is 5.69 Å². The summed E-state index contributed by atoms with van der Waals surface area (Å²) >= 11 is 0. The van der Waals surface area contributed by atoms with Gasteiger partial charge in [0.2, 0.25) is 0 Å². The topological polar surface area (TPSA) is 60.9 Å². The molecule has 1 amide bonds. The molecule has 0 fully saturated rings. The van der Waals surface area contributed by atoms with Crippen molar-refractivity contribution < 1.29 is 4.79 Å². The number of carbonyl (C=O) groups excluding carboxylic acids is 1. The van der Waals surface area contributed by atoms with Gasteiger partial charge in [0.25, 0.3) is 5.91 Å². The van der Waals surface area contributed by atoms with E-state index < -0.39 is 5.91 Å². The molecule has 4 heteroatoms. The molecule has 1 radical (unpaired) electrons. The summed E-state index contributed by atoms with van der Waals surface area (Å²) in [7, 11) is 0. The first-order valence-electron chi connectivity index (χ1n) is 4.96. The number of carbonyl (C=O) groups is 1. The molecule has 0 unspecified atom stereocenters. The van der Waals surface area contributed by atoms with Gasteiger partial charge < -0.3 is 5.73 Å². The molecule has 81 valence electrons. The lowest BCUT2D eigenvalue weighted by Crippen LogP contribution is -2.13. The Morgan fingerprint density at radius 1 is 1.50 bits per heavy atom. The number of aromatic nitrogens is 2. The molecule has 0 saturated carbocycles. The maximum absolute atomic E-state index is 10.8. The molecule has 0 bridgehead atoms. The summed E-state index contributed by atoms with van der Waals surface area (Å²) in [5.41, 5.74) is 7.63. The van der Waals surface area contributed by atoms with Crippen molar-refractivity contribution in [3.8, 4) is 0 Å². The number of hydrogen-bond donors (Lipinski definition) is 1. The Hall–Kier alpha value is -2.10. The largest absolute Gasteiger partial charge is 0.364 e. The Balaban J connectivity index is 2.21. The van der Waals surface area contributed by atoms with Crippen LogP contribution >= 0.6 is 0 Å². The first kappa shape index (κ1) is 10.4. The van der Waals surface area contributed by atoms with Crippen molar-refractivity contribution in [1.82, 2.24) is 9.78 Å². The van der Waals surface area contributed by atoms with Gasteiger partial charge in [-0.25, -0.2) is 0 Å². The second-order valence-corrected chi connectivity index (χ2v) is 3.61.